The Kier molecular flexibility index (Phi) is 2.97. The molecule has 0 amide bonds. The molecule has 4 nitrogen and oxygen atoms in total. The highest BCUT2D eigenvalue weighted by Crippen LogP contribution is 2.42. The third kappa shape index (κ3) is 2.32. The van der Waals surface area contributed by atoms with Crippen molar-refractivity contribution in [1.82, 2.24) is 14.5 Å². The molecule has 0 aliphatic heterocycles. The number of nitrogen functional groups attached to an aromatic ring is 1. The maximum absolute atomic E-state index is 5.87. The Bertz CT molecular complexity index is 595. The lowest BCUT2D eigenvalue weighted by molar-refractivity contribution is 0.336. The second-order valence-corrected chi connectivity index (χ2v) is 5.97. The lowest BCUT2D eigenvalue weighted by Gasteiger charge is -2.21. The molecule has 1 heterocycles. The van der Waals surface area contributed by atoms with Gasteiger partial charge in [0.2, 0.25) is 0 Å². The zero-order valence-electron chi connectivity index (χ0n) is 11.9. The lowest BCUT2D eigenvalue weighted by atomic mass is 10.2. The van der Waals surface area contributed by atoms with Crippen LogP contribution in [-0.4, -0.2) is 35.1 Å². The van der Waals surface area contributed by atoms with Gasteiger partial charge in [-0.2, -0.15) is 0 Å². The number of likely N-dealkylation sites (N-methyl/N-ethyl adjacent to an activating group) is 1. The van der Waals surface area contributed by atoms with Crippen molar-refractivity contribution in [2.45, 2.75) is 31.7 Å². The molecule has 102 valence electrons. The molecule has 1 aromatic heterocycles. The molecule has 1 unspecified atom stereocenters. The van der Waals surface area contributed by atoms with Crippen molar-refractivity contribution in [3.63, 3.8) is 0 Å². The molecule has 1 saturated carbocycles. The first-order valence-corrected chi connectivity index (χ1v) is 6.98. The van der Waals surface area contributed by atoms with Crippen molar-refractivity contribution >= 4 is 16.7 Å². The van der Waals surface area contributed by atoms with E-state index < -0.39 is 0 Å². The molecule has 1 aliphatic carbocycles. The summed E-state index contributed by atoms with van der Waals surface area (Å²) in [6.45, 7) is 3.29. The van der Waals surface area contributed by atoms with Gasteiger partial charge in [0.1, 0.15) is 5.82 Å². The molecule has 1 aliphatic rings. The summed E-state index contributed by atoms with van der Waals surface area (Å²) in [5, 5.41) is 0. The molecule has 19 heavy (non-hydrogen) atoms. The van der Waals surface area contributed by atoms with E-state index in [-0.39, 0.29) is 0 Å². The zero-order chi connectivity index (χ0) is 13.6. The van der Waals surface area contributed by atoms with Crippen LogP contribution < -0.4 is 5.73 Å². The fourth-order valence-corrected chi connectivity index (χ4v) is 2.84. The first kappa shape index (κ1) is 12.5. The highest BCUT2D eigenvalue weighted by Gasteiger charge is 2.31. The molecular weight excluding hydrogens is 236 g/mol. The number of nitrogens with zero attached hydrogens (tertiary/aromatic N) is 3. The van der Waals surface area contributed by atoms with Gasteiger partial charge in [-0.25, -0.2) is 4.98 Å². The summed E-state index contributed by atoms with van der Waals surface area (Å²) < 4.78 is 2.41. The standard InChI is InChI=1S/C15H22N4/c1-10(9-18(2)3)19-14-7-6-12(16)8-13(14)17-15(19)11-4-5-11/h6-8,10-11H,4-5,9,16H2,1-3H3. The smallest absolute Gasteiger partial charge is 0.113 e. The quantitative estimate of drug-likeness (QED) is 0.858. The van der Waals surface area contributed by atoms with Crippen LogP contribution in [0.5, 0.6) is 0 Å². The van der Waals surface area contributed by atoms with E-state index in [0.29, 0.717) is 12.0 Å². The Labute approximate surface area is 114 Å². The summed E-state index contributed by atoms with van der Waals surface area (Å²) in [6.07, 6.45) is 2.54. The number of anilines is 1. The summed E-state index contributed by atoms with van der Waals surface area (Å²) in [4.78, 5) is 7.05. The minimum Gasteiger partial charge on any atom is -0.399 e. The first-order valence-electron chi connectivity index (χ1n) is 6.98. The minimum absolute atomic E-state index is 0.430. The molecule has 0 spiro atoms. The van der Waals surface area contributed by atoms with Crippen molar-refractivity contribution in [2.24, 2.45) is 0 Å². The SMILES string of the molecule is CC(CN(C)C)n1c(C2CC2)nc2cc(N)ccc21. The van der Waals surface area contributed by atoms with Gasteiger partial charge in [0.25, 0.3) is 0 Å². The van der Waals surface area contributed by atoms with Crippen molar-refractivity contribution in [3.8, 4) is 0 Å². The highest BCUT2D eigenvalue weighted by atomic mass is 15.2. The average molecular weight is 258 g/mol. The topological polar surface area (TPSA) is 47.1 Å². The largest absolute Gasteiger partial charge is 0.399 e. The van der Waals surface area contributed by atoms with Gasteiger partial charge in [-0.05, 0) is 52.1 Å². The van der Waals surface area contributed by atoms with Crippen LogP contribution in [0, 0.1) is 0 Å². The van der Waals surface area contributed by atoms with Crippen LogP contribution in [0.2, 0.25) is 0 Å². The van der Waals surface area contributed by atoms with E-state index in [4.69, 9.17) is 10.7 Å². The van der Waals surface area contributed by atoms with Crippen LogP contribution in [-0.2, 0) is 0 Å². The average Bonchev–Trinajstić information content (AvgIpc) is 3.09. The van der Waals surface area contributed by atoms with Crippen LogP contribution >= 0.6 is 0 Å². The van der Waals surface area contributed by atoms with Crippen LogP contribution in [0.4, 0.5) is 5.69 Å². The molecule has 0 saturated heterocycles. The molecule has 1 aromatic carbocycles. The Hall–Kier alpha value is -1.55. The van der Waals surface area contributed by atoms with Gasteiger partial charge in [0.15, 0.2) is 0 Å². The molecule has 3 rings (SSSR count). The molecule has 4 heteroatoms. The predicted octanol–water partition coefficient (Wildman–Crippen LogP) is 2.62. The fourth-order valence-electron chi connectivity index (χ4n) is 2.84. The van der Waals surface area contributed by atoms with E-state index in [0.717, 1.165) is 17.7 Å². The van der Waals surface area contributed by atoms with E-state index in [2.05, 4.69) is 36.6 Å². The number of nitrogens with two attached hydrogens (primary N) is 1. The van der Waals surface area contributed by atoms with Crippen LogP contribution in [0.25, 0.3) is 11.0 Å². The summed E-state index contributed by atoms with van der Waals surface area (Å²) in [6, 6.07) is 6.49. The van der Waals surface area contributed by atoms with Crippen molar-refractivity contribution in [1.29, 1.82) is 0 Å². The van der Waals surface area contributed by atoms with Crippen LogP contribution in [0.3, 0.4) is 0 Å². The van der Waals surface area contributed by atoms with Gasteiger partial charge < -0.3 is 15.2 Å². The normalized spacial score (nSPS) is 17.3. The maximum atomic E-state index is 5.87. The van der Waals surface area contributed by atoms with Gasteiger partial charge in [-0.1, -0.05) is 0 Å². The molecule has 1 atom stereocenters. The van der Waals surface area contributed by atoms with E-state index in [1.165, 1.54) is 24.2 Å². The van der Waals surface area contributed by atoms with E-state index in [1.807, 2.05) is 12.1 Å². The van der Waals surface area contributed by atoms with Crippen LogP contribution in [0.15, 0.2) is 18.2 Å². The second kappa shape index (κ2) is 4.53. The van der Waals surface area contributed by atoms with Gasteiger partial charge in [-0.15, -0.1) is 0 Å². The van der Waals surface area contributed by atoms with Gasteiger partial charge in [0.05, 0.1) is 11.0 Å². The Morgan fingerprint density at radius 1 is 1.42 bits per heavy atom. The zero-order valence-corrected chi connectivity index (χ0v) is 11.9. The van der Waals surface area contributed by atoms with E-state index in [9.17, 15) is 0 Å². The van der Waals surface area contributed by atoms with Crippen LogP contribution in [0.1, 0.15) is 37.5 Å². The fraction of sp³-hybridized carbons (Fsp3) is 0.533. The number of imidazole rings is 1. The number of benzene rings is 1. The summed E-state index contributed by atoms with van der Waals surface area (Å²) >= 11 is 0. The number of aromatic nitrogens is 2. The van der Waals surface area contributed by atoms with Crippen molar-refractivity contribution in [3.05, 3.63) is 24.0 Å². The van der Waals surface area contributed by atoms with Gasteiger partial charge in [-0.3, -0.25) is 0 Å². The first-order chi connectivity index (χ1) is 9.06. The molecule has 0 bridgehead atoms. The third-order valence-electron chi connectivity index (χ3n) is 3.75. The summed E-state index contributed by atoms with van der Waals surface area (Å²) in [5.74, 6) is 1.90. The number of hydrogen-bond donors (Lipinski definition) is 1. The van der Waals surface area contributed by atoms with Crippen molar-refractivity contribution < 1.29 is 0 Å². The molecule has 2 aromatic rings. The maximum Gasteiger partial charge on any atom is 0.113 e. The molecule has 0 radical (unpaired) electrons. The molecular formula is C15H22N4. The van der Waals surface area contributed by atoms with E-state index in [1.54, 1.807) is 0 Å². The Balaban J connectivity index is 2.11. The number of rotatable bonds is 4. The summed E-state index contributed by atoms with van der Waals surface area (Å²) in [5.41, 5.74) is 8.91. The molecule has 2 N–H and O–H groups in total. The summed E-state index contributed by atoms with van der Waals surface area (Å²) in [7, 11) is 4.23. The van der Waals surface area contributed by atoms with Gasteiger partial charge in [0, 0.05) is 24.2 Å². The lowest BCUT2D eigenvalue weighted by Crippen LogP contribution is -2.23. The minimum atomic E-state index is 0.430. The number of hydrogen-bond acceptors (Lipinski definition) is 3. The molecule has 1 fully saturated rings. The third-order valence-corrected chi connectivity index (χ3v) is 3.75. The Morgan fingerprint density at radius 3 is 2.79 bits per heavy atom. The second-order valence-electron chi connectivity index (χ2n) is 5.97. The number of fused-ring (bicyclic) bond motifs is 1. The predicted molar refractivity (Wildman–Crippen MR) is 79.4 cm³/mol. The van der Waals surface area contributed by atoms with Gasteiger partial charge >= 0.3 is 0 Å². The highest BCUT2D eigenvalue weighted by molar-refractivity contribution is 5.80. The van der Waals surface area contributed by atoms with E-state index >= 15 is 0 Å². The Morgan fingerprint density at radius 2 is 2.16 bits per heavy atom. The monoisotopic (exact) mass is 258 g/mol. The van der Waals surface area contributed by atoms with Crippen molar-refractivity contribution in [2.75, 3.05) is 26.4 Å².